The first kappa shape index (κ1) is 24.0. The van der Waals surface area contributed by atoms with Crippen molar-refractivity contribution < 1.29 is 32.2 Å². The fraction of sp³-hybridized carbons (Fsp3) is 0.417. The zero-order valence-corrected chi connectivity index (χ0v) is 20.1. The van der Waals surface area contributed by atoms with Gasteiger partial charge in [-0.05, 0) is 50.1 Å². The minimum Gasteiger partial charge on any atom is -0.490 e. The molecule has 0 spiro atoms. The fourth-order valence-corrected chi connectivity index (χ4v) is 5.34. The molecule has 0 aromatic heterocycles. The summed E-state index contributed by atoms with van der Waals surface area (Å²) in [6.07, 6.45) is 0.714. The van der Waals surface area contributed by atoms with Crippen LogP contribution in [0.4, 0.5) is 5.69 Å². The Morgan fingerprint density at radius 3 is 2.62 bits per heavy atom. The van der Waals surface area contributed by atoms with E-state index in [2.05, 4.69) is 4.72 Å². The van der Waals surface area contributed by atoms with Crippen LogP contribution in [0.15, 0.2) is 47.4 Å². The molecular formula is C24H28N2O7S. The second-order valence-corrected chi connectivity index (χ2v) is 10.3. The molecule has 0 bridgehead atoms. The number of nitrogens with zero attached hydrogens (tertiary/aromatic N) is 1. The highest BCUT2D eigenvalue weighted by Gasteiger charge is 2.39. The summed E-state index contributed by atoms with van der Waals surface area (Å²) in [7, 11) is -0.779. The molecule has 0 radical (unpaired) electrons. The Bertz CT molecular complexity index is 1180. The summed E-state index contributed by atoms with van der Waals surface area (Å²) in [6, 6.07) is 10.9. The summed E-state index contributed by atoms with van der Waals surface area (Å²) in [5.74, 6) is -0.297. The third kappa shape index (κ3) is 5.02. The van der Waals surface area contributed by atoms with Crippen LogP contribution in [0.1, 0.15) is 35.2 Å². The molecule has 1 N–H and O–H groups in total. The predicted molar refractivity (Wildman–Crippen MR) is 124 cm³/mol. The van der Waals surface area contributed by atoms with Gasteiger partial charge in [-0.15, -0.1) is 0 Å². The van der Waals surface area contributed by atoms with Crippen LogP contribution in [0, 0.1) is 6.92 Å². The van der Waals surface area contributed by atoms with Gasteiger partial charge in [-0.25, -0.2) is 8.42 Å². The lowest BCUT2D eigenvalue weighted by Crippen LogP contribution is -2.53. The summed E-state index contributed by atoms with van der Waals surface area (Å²) in [6.45, 7) is 2.07. The number of methoxy groups -OCH3 is 1. The van der Waals surface area contributed by atoms with Gasteiger partial charge in [-0.2, -0.15) is 0 Å². The number of hydrogen-bond acceptors (Lipinski definition) is 7. The van der Waals surface area contributed by atoms with Crippen LogP contribution < -0.4 is 9.46 Å². The summed E-state index contributed by atoms with van der Waals surface area (Å²) in [4.78, 5) is 26.7. The molecule has 2 aromatic carbocycles. The number of likely N-dealkylation sites (N-methyl/N-ethyl adjacent to an activating group) is 1. The lowest BCUT2D eigenvalue weighted by molar-refractivity contribution is -0.151. The molecule has 182 valence electrons. The Balaban J connectivity index is 1.55. The number of fused-ring (bicyclic) bond motifs is 2. The van der Waals surface area contributed by atoms with E-state index in [1.54, 1.807) is 36.2 Å². The van der Waals surface area contributed by atoms with Crippen LogP contribution in [0.25, 0.3) is 0 Å². The van der Waals surface area contributed by atoms with E-state index in [1.807, 2.05) is 6.92 Å². The Hall–Kier alpha value is -3.11. The first-order valence-electron chi connectivity index (χ1n) is 11.0. The molecule has 1 amide bonds. The SMILES string of the molecule is COC(=O)C[C@H]1CC[C@@H]2[C@H](COc3ccc(NS(=O)(=O)c4ccc(C)cc4)cc3C(=O)N2C)O1. The van der Waals surface area contributed by atoms with E-state index in [0.717, 1.165) is 5.56 Å². The zero-order valence-electron chi connectivity index (χ0n) is 19.3. The van der Waals surface area contributed by atoms with Crippen LogP contribution in [0.2, 0.25) is 0 Å². The maximum absolute atomic E-state index is 13.3. The second-order valence-electron chi connectivity index (χ2n) is 8.58. The molecule has 10 heteroatoms. The molecule has 34 heavy (non-hydrogen) atoms. The van der Waals surface area contributed by atoms with Crippen LogP contribution in [-0.4, -0.2) is 64.2 Å². The van der Waals surface area contributed by atoms with Crippen molar-refractivity contribution in [3.63, 3.8) is 0 Å². The molecule has 4 rings (SSSR count). The van der Waals surface area contributed by atoms with E-state index >= 15 is 0 Å². The monoisotopic (exact) mass is 488 g/mol. The van der Waals surface area contributed by atoms with Gasteiger partial charge in [0.05, 0.1) is 36.1 Å². The predicted octanol–water partition coefficient (Wildman–Crippen LogP) is 2.74. The lowest BCUT2D eigenvalue weighted by Gasteiger charge is -2.42. The molecule has 0 unspecified atom stereocenters. The van der Waals surface area contributed by atoms with Gasteiger partial charge in [0.1, 0.15) is 18.5 Å². The number of ether oxygens (including phenoxy) is 3. The first-order valence-corrected chi connectivity index (χ1v) is 12.5. The molecule has 9 nitrogen and oxygen atoms in total. The van der Waals surface area contributed by atoms with Crippen LogP contribution in [-0.2, 0) is 24.3 Å². The van der Waals surface area contributed by atoms with Gasteiger partial charge in [0.15, 0.2) is 0 Å². The molecule has 2 aliphatic rings. The number of rotatable bonds is 5. The third-order valence-electron chi connectivity index (χ3n) is 6.22. The largest absolute Gasteiger partial charge is 0.490 e. The van der Waals surface area contributed by atoms with Crippen molar-refractivity contribution in [3.8, 4) is 5.75 Å². The van der Waals surface area contributed by atoms with Crippen molar-refractivity contribution in [2.45, 2.75) is 49.3 Å². The Morgan fingerprint density at radius 2 is 1.91 bits per heavy atom. The van der Waals surface area contributed by atoms with Crippen molar-refractivity contribution in [3.05, 3.63) is 53.6 Å². The zero-order chi connectivity index (χ0) is 24.5. The van der Waals surface area contributed by atoms with E-state index in [1.165, 1.54) is 25.3 Å². The van der Waals surface area contributed by atoms with Crippen LogP contribution >= 0.6 is 0 Å². The van der Waals surface area contributed by atoms with Gasteiger partial charge < -0.3 is 19.1 Å². The van der Waals surface area contributed by atoms with Crippen molar-refractivity contribution in [2.24, 2.45) is 0 Å². The van der Waals surface area contributed by atoms with Gasteiger partial charge in [-0.3, -0.25) is 14.3 Å². The first-order chi connectivity index (χ1) is 16.2. The van der Waals surface area contributed by atoms with Crippen molar-refractivity contribution in [1.29, 1.82) is 0 Å². The molecule has 2 heterocycles. The maximum Gasteiger partial charge on any atom is 0.308 e. The highest BCUT2D eigenvalue weighted by Crippen LogP contribution is 2.33. The molecule has 0 aliphatic carbocycles. The number of amides is 1. The Kier molecular flexibility index (Phi) is 6.81. The number of carbonyl (C=O) groups is 2. The molecule has 2 aliphatic heterocycles. The van der Waals surface area contributed by atoms with Crippen molar-refractivity contribution in [2.75, 3.05) is 25.5 Å². The fourth-order valence-electron chi connectivity index (χ4n) is 4.29. The summed E-state index contributed by atoms with van der Waals surface area (Å²) in [5, 5.41) is 0. The van der Waals surface area contributed by atoms with Gasteiger partial charge >= 0.3 is 5.97 Å². The molecule has 2 aromatic rings. The van der Waals surface area contributed by atoms with Gasteiger partial charge in [0.25, 0.3) is 15.9 Å². The lowest BCUT2D eigenvalue weighted by atomic mass is 9.94. The number of hydrogen-bond donors (Lipinski definition) is 1. The smallest absolute Gasteiger partial charge is 0.308 e. The minimum absolute atomic E-state index is 0.133. The Morgan fingerprint density at radius 1 is 1.18 bits per heavy atom. The molecule has 1 fully saturated rings. The number of benzene rings is 2. The molecule has 1 saturated heterocycles. The van der Waals surface area contributed by atoms with E-state index < -0.39 is 16.1 Å². The van der Waals surface area contributed by atoms with E-state index in [-0.39, 0.29) is 53.2 Å². The normalized spacial score (nSPS) is 22.5. The van der Waals surface area contributed by atoms with Gasteiger partial charge in [0.2, 0.25) is 0 Å². The summed E-state index contributed by atoms with van der Waals surface area (Å²) >= 11 is 0. The average Bonchev–Trinajstić information content (AvgIpc) is 2.81. The number of sulfonamides is 1. The number of nitrogens with one attached hydrogen (secondary N) is 1. The number of carbonyl (C=O) groups excluding carboxylic acids is 2. The van der Waals surface area contributed by atoms with Crippen LogP contribution in [0.5, 0.6) is 5.75 Å². The molecule has 0 saturated carbocycles. The highest BCUT2D eigenvalue weighted by molar-refractivity contribution is 7.92. The minimum atomic E-state index is -3.81. The maximum atomic E-state index is 13.3. The quantitative estimate of drug-likeness (QED) is 0.644. The number of esters is 1. The number of anilines is 1. The van der Waals surface area contributed by atoms with E-state index in [0.29, 0.717) is 18.6 Å². The standard InChI is InChI=1S/C24H28N2O7S/c1-15-4-8-18(9-5-15)34(29,30)25-16-6-11-21-19(12-16)24(28)26(2)20-10-7-17(13-23(27)31-3)33-22(20)14-32-21/h4-6,8-9,11-12,17,20,22,25H,7,10,13-14H2,1-3H3/t17-,20-,22+/m1/s1. The van der Waals surface area contributed by atoms with Crippen LogP contribution in [0.3, 0.4) is 0 Å². The van der Waals surface area contributed by atoms with Crippen molar-refractivity contribution >= 4 is 27.6 Å². The highest BCUT2D eigenvalue weighted by atomic mass is 32.2. The number of aryl methyl sites for hydroxylation is 1. The third-order valence-corrected chi connectivity index (χ3v) is 7.61. The summed E-state index contributed by atoms with van der Waals surface area (Å²) < 4.78 is 44.8. The second kappa shape index (κ2) is 9.63. The van der Waals surface area contributed by atoms with Gasteiger partial charge in [-0.1, -0.05) is 17.7 Å². The van der Waals surface area contributed by atoms with E-state index in [4.69, 9.17) is 14.2 Å². The van der Waals surface area contributed by atoms with Crippen molar-refractivity contribution in [1.82, 2.24) is 4.90 Å². The Labute approximate surface area is 199 Å². The van der Waals surface area contributed by atoms with Gasteiger partial charge in [0, 0.05) is 12.7 Å². The molecule has 3 atom stereocenters. The average molecular weight is 489 g/mol. The molecular weight excluding hydrogens is 460 g/mol. The summed E-state index contributed by atoms with van der Waals surface area (Å²) in [5.41, 5.74) is 1.48. The van der Waals surface area contributed by atoms with E-state index in [9.17, 15) is 18.0 Å². The topological polar surface area (TPSA) is 111 Å².